The molecule has 2 N–H and O–H groups in total. The van der Waals surface area contributed by atoms with Crippen molar-refractivity contribution < 1.29 is 14.6 Å². The van der Waals surface area contributed by atoms with E-state index in [9.17, 15) is 4.79 Å². The molecule has 3 aromatic rings. The van der Waals surface area contributed by atoms with E-state index in [2.05, 4.69) is 25.4 Å². The molecule has 0 bridgehead atoms. The molecule has 0 radical (unpaired) electrons. The lowest BCUT2D eigenvalue weighted by Gasteiger charge is -2.18. The third-order valence-electron chi connectivity index (χ3n) is 3.78. The lowest BCUT2D eigenvalue weighted by atomic mass is 10.2. The third-order valence-corrected chi connectivity index (χ3v) is 3.78. The molecule has 9 nitrogen and oxygen atoms in total. The Labute approximate surface area is 149 Å². The van der Waals surface area contributed by atoms with Crippen LogP contribution in [0.5, 0.6) is 0 Å². The van der Waals surface area contributed by atoms with Gasteiger partial charge in [-0.1, -0.05) is 0 Å². The van der Waals surface area contributed by atoms with Crippen molar-refractivity contribution in [2.24, 2.45) is 7.05 Å². The lowest BCUT2D eigenvalue weighted by molar-refractivity contribution is 0.0697. The maximum absolute atomic E-state index is 11.1. The highest BCUT2D eigenvalue weighted by molar-refractivity contribution is 5.88. The number of hydrogen-bond donors (Lipinski definition) is 2. The molecule has 3 heterocycles. The number of ether oxygens (including phenoxy) is 1. The van der Waals surface area contributed by atoms with Crippen molar-refractivity contribution in [1.82, 2.24) is 24.7 Å². The van der Waals surface area contributed by atoms with Crippen LogP contribution in [0.15, 0.2) is 42.9 Å². The molecule has 26 heavy (non-hydrogen) atoms. The standard InChI is InChI=1S/C17H18N6O3/c1-23-15(5-8-20-23)14(10-26-2)22-17-19-7-4-12(21-17)13-9-11(16(24)25)3-6-18-13/h3-9,14H,10H2,1-2H3,(H,24,25)(H,19,21,22)/t14-/m1/s1. The molecule has 0 aliphatic rings. The Morgan fingerprint density at radius 1 is 1.23 bits per heavy atom. The maximum atomic E-state index is 11.1. The number of carboxylic acids is 1. The highest BCUT2D eigenvalue weighted by Crippen LogP contribution is 2.20. The summed E-state index contributed by atoms with van der Waals surface area (Å²) in [5.74, 6) is -0.634. The van der Waals surface area contributed by atoms with Gasteiger partial charge >= 0.3 is 5.97 Å². The van der Waals surface area contributed by atoms with Crippen molar-refractivity contribution in [1.29, 1.82) is 0 Å². The average Bonchev–Trinajstić information content (AvgIpc) is 3.07. The van der Waals surface area contributed by atoms with Crippen molar-refractivity contribution in [3.63, 3.8) is 0 Å². The first-order chi connectivity index (χ1) is 12.6. The summed E-state index contributed by atoms with van der Waals surface area (Å²) in [7, 11) is 3.46. The molecule has 0 fully saturated rings. The predicted octanol–water partition coefficient (Wildman–Crippen LogP) is 1.77. The van der Waals surface area contributed by atoms with Crippen molar-refractivity contribution in [2.75, 3.05) is 19.0 Å². The Balaban J connectivity index is 1.88. The fourth-order valence-electron chi connectivity index (χ4n) is 2.52. The van der Waals surface area contributed by atoms with Gasteiger partial charge in [0.25, 0.3) is 0 Å². The third kappa shape index (κ3) is 3.83. The molecule has 0 spiro atoms. The number of nitrogens with one attached hydrogen (secondary N) is 1. The van der Waals surface area contributed by atoms with E-state index in [1.165, 1.54) is 18.3 Å². The second kappa shape index (κ2) is 7.70. The van der Waals surface area contributed by atoms with Crippen LogP contribution in [0, 0.1) is 0 Å². The molecular weight excluding hydrogens is 336 g/mol. The summed E-state index contributed by atoms with van der Waals surface area (Å²) < 4.78 is 7.02. The van der Waals surface area contributed by atoms with E-state index < -0.39 is 5.97 Å². The van der Waals surface area contributed by atoms with Gasteiger partial charge in [0.2, 0.25) is 5.95 Å². The van der Waals surface area contributed by atoms with Crippen molar-refractivity contribution in [3.05, 3.63) is 54.1 Å². The molecule has 0 saturated carbocycles. The van der Waals surface area contributed by atoms with Gasteiger partial charge in [-0.15, -0.1) is 0 Å². The number of carboxylic acid groups (broad SMARTS) is 1. The first-order valence-corrected chi connectivity index (χ1v) is 7.84. The van der Waals surface area contributed by atoms with Crippen LogP contribution >= 0.6 is 0 Å². The quantitative estimate of drug-likeness (QED) is 0.660. The van der Waals surface area contributed by atoms with Crippen LogP contribution in [0.25, 0.3) is 11.4 Å². The van der Waals surface area contributed by atoms with E-state index in [0.717, 1.165) is 5.69 Å². The highest BCUT2D eigenvalue weighted by atomic mass is 16.5. The Bertz CT molecular complexity index is 911. The summed E-state index contributed by atoms with van der Waals surface area (Å²) in [6, 6.07) is 6.28. The van der Waals surface area contributed by atoms with Crippen LogP contribution in [-0.2, 0) is 11.8 Å². The van der Waals surface area contributed by atoms with Crippen LogP contribution in [0.2, 0.25) is 0 Å². The Morgan fingerprint density at radius 2 is 2.04 bits per heavy atom. The van der Waals surface area contributed by atoms with Gasteiger partial charge in [0.05, 0.1) is 35.3 Å². The molecule has 0 unspecified atom stereocenters. The molecular formula is C17H18N6O3. The van der Waals surface area contributed by atoms with Gasteiger partial charge in [-0.05, 0) is 24.3 Å². The summed E-state index contributed by atoms with van der Waals surface area (Å²) in [5.41, 5.74) is 2.05. The highest BCUT2D eigenvalue weighted by Gasteiger charge is 2.17. The van der Waals surface area contributed by atoms with Crippen LogP contribution in [0.4, 0.5) is 5.95 Å². The van der Waals surface area contributed by atoms with Gasteiger partial charge in [0.15, 0.2) is 0 Å². The number of aromatic carboxylic acids is 1. The van der Waals surface area contributed by atoms with Crippen molar-refractivity contribution in [3.8, 4) is 11.4 Å². The molecule has 3 aromatic heterocycles. The Kier molecular flexibility index (Phi) is 5.18. The second-order valence-electron chi connectivity index (χ2n) is 5.53. The number of pyridine rings is 1. The van der Waals surface area contributed by atoms with Crippen LogP contribution < -0.4 is 5.32 Å². The smallest absolute Gasteiger partial charge is 0.335 e. The molecule has 9 heteroatoms. The monoisotopic (exact) mass is 354 g/mol. The number of aromatic nitrogens is 5. The maximum Gasteiger partial charge on any atom is 0.335 e. The number of nitrogens with zero attached hydrogens (tertiary/aromatic N) is 5. The number of aryl methyl sites for hydroxylation is 1. The summed E-state index contributed by atoms with van der Waals surface area (Å²) >= 11 is 0. The van der Waals surface area contributed by atoms with E-state index in [4.69, 9.17) is 9.84 Å². The van der Waals surface area contributed by atoms with Gasteiger partial charge in [0, 0.05) is 32.7 Å². The molecule has 1 atom stereocenters. The zero-order chi connectivity index (χ0) is 18.5. The van der Waals surface area contributed by atoms with Crippen LogP contribution in [-0.4, -0.2) is 49.5 Å². The molecule has 0 aromatic carbocycles. The summed E-state index contributed by atoms with van der Waals surface area (Å²) in [6.07, 6.45) is 4.74. The van der Waals surface area contributed by atoms with E-state index in [-0.39, 0.29) is 11.6 Å². The number of carbonyl (C=O) groups is 1. The topological polar surface area (TPSA) is 115 Å². The van der Waals surface area contributed by atoms with E-state index >= 15 is 0 Å². The molecule has 0 aliphatic carbocycles. The molecule has 0 saturated heterocycles. The predicted molar refractivity (Wildman–Crippen MR) is 93.7 cm³/mol. The fraction of sp³-hybridized carbons (Fsp3) is 0.235. The van der Waals surface area contributed by atoms with Crippen LogP contribution in [0.1, 0.15) is 22.1 Å². The van der Waals surface area contributed by atoms with E-state index in [0.29, 0.717) is 23.9 Å². The van der Waals surface area contributed by atoms with Gasteiger partial charge in [-0.2, -0.15) is 5.10 Å². The summed E-state index contributed by atoms with van der Waals surface area (Å²) in [4.78, 5) is 24.0. The number of methoxy groups -OCH3 is 1. The molecule has 0 amide bonds. The minimum atomic E-state index is -1.02. The van der Waals surface area contributed by atoms with E-state index in [1.807, 2.05) is 13.1 Å². The first-order valence-electron chi connectivity index (χ1n) is 7.84. The molecule has 3 rings (SSSR count). The number of hydrogen-bond acceptors (Lipinski definition) is 7. The lowest BCUT2D eigenvalue weighted by Crippen LogP contribution is -2.20. The largest absolute Gasteiger partial charge is 0.478 e. The normalized spacial score (nSPS) is 11.9. The zero-order valence-corrected chi connectivity index (χ0v) is 14.3. The van der Waals surface area contributed by atoms with Crippen molar-refractivity contribution >= 4 is 11.9 Å². The SMILES string of the molecule is COC[C@@H](Nc1nccc(-c2cc(C(=O)O)ccn2)n1)c1ccnn1C. The van der Waals surface area contributed by atoms with Crippen molar-refractivity contribution in [2.45, 2.75) is 6.04 Å². The van der Waals surface area contributed by atoms with Gasteiger partial charge in [0.1, 0.15) is 0 Å². The number of rotatable bonds is 7. The van der Waals surface area contributed by atoms with Gasteiger partial charge in [-0.25, -0.2) is 14.8 Å². The van der Waals surface area contributed by atoms with E-state index in [1.54, 1.807) is 30.3 Å². The zero-order valence-electron chi connectivity index (χ0n) is 14.3. The minimum Gasteiger partial charge on any atom is -0.478 e. The average molecular weight is 354 g/mol. The van der Waals surface area contributed by atoms with Gasteiger partial charge in [-0.3, -0.25) is 9.67 Å². The van der Waals surface area contributed by atoms with Gasteiger partial charge < -0.3 is 15.2 Å². The number of anilines is 1. The molecule has 0 aliphatic heterocycles. The summed E-state index contributed by atoms with van der Waals surface area (Å²) in [5, 5.41) is 16.5. The molecule has 134 valence electrons. The van der Waals surface area contributed by atoms with Crippen LogP contribution in [0.3, 0.4) is 0 Å². The fourth-order valence-corrected chi connectivity index (χ4v) is 2.52. The summed E-state index contributed by atoms with van der Waals surface area (Å²) in [6.45, 7) is 0.403. The second-order valence-corrected chi connectivity index (χ2v) is 5.53. The minimum absolute atomic E-state index is 0.148. The first kappa shape index (κ1) is 17.5. The Hall–Kier alpha value is -3.33. The Morgan fingerprint density at radius 3 is 2.73 bits per heavy atom.